The number of amides is 2. The second kappa shape index (κ2) is 6.93. The second-order valence-corrected chi connectivity index (χ2v) is 5.04. The molecule has 1 fully saturated rings. The van der Waals surface area contributed by atoms with Crippen LogP contribution in [0.5, 0.6) is 0 Å². The zero-order chi connectivity index (χ0) is 14.4. The quantitative estimate of drug-likeness (QED) is 0.672. The van der Waals surface area contributed by atoms with Crippen molar-refractivity contribution in [2.45, 2.75) is 38.3 Å². The van der Waals surface area contributed by atoms with Crippen molar-refractivity contribution in [1.29, 1.82) is 0 Å². The van der Waals surface area contributed by atoms with Gasteiger partial charge in [-0.3, -0.25) is 4.79 Å². The first kappa shape index (κ1) is 14.4. The Labute approximate surface area is 117 Å². The number of carbonyl (C=O) groups is 2. The minimum Gasteiger partial charge on any atom is -0.481 e. The monoisotopic (exact) mass is 280 g/mol. The third-order valence-corrected chi connectivity index (χ3v) is 3.59. The molecule has 2 atom stereocenters. The number of rotatable bonds is 6. The van der Waals surface area contributed by atoms with E-state index in [9.17, 15) is 9.59 Å². The van der Waals surface area contributed by atoms with Crippen molar-refractivity contribution >= 4 is 12.0 Å². The van der Waals surface area contributed by atoms with Crippen LogP contribution in [0.2, 0.25) is 0 Å². The molecule has 0 radical (unpaired) electrons. The number of aryl methyl sites for hydroxylation is 1. The fourth-order valence-electron chi connectivity index (χ4n) is 2.53. The molecule has 110 valence electrons. The van der Waals surface area contributed by atoms with Gasteiger partial charge in [0.25, 0.3) is 0 Å². The van der Waals surface area contributed by atoms with Crippen molar-refractivity contribution in [3.8, 4) is 0 Å². The summed E-state index contributed by atoms with van der Waals surface area (Å²) in [6.45, 7) is 1.34. The van der Waals surface area contributed by atoms with Crippen LogP contribution in [0, 0.1) is 5.92 Å². The molecule has 1 saturated carbocycles. The molecule has 1 aliphatic rings. The fraction of sp³-hybridized carbons (Fsp3) is 0.615. The first-order valence-corrected chi connectivity index (χ1v) is 6.89. The number of hydrogen-bond donors (Lipinski definition) is 3. The Bertz CT molecular complexity index is 446. The zero-order valence-corrected chi connectivity index (χ0v) is 11.3. The highest BCUT2D eigenvalue weighted by molar-refractivity contribution is 5.76. The van der Waals surface area contributed by atoms with Crippen LogP contribution >= 0.6 is 0 Å². The SMILES string of the molecule is O=C(NCCCn1ccnc1)NC1CCCC1C(=O)O. The second-order valence-electron chi connectivity index (χ2n) is 5.04. The molecular weight excluding hydrogens is 260 g/mol. The van der Waals surface area contributed by atoms with Crippen LogP contribution in [0.1, 0.15) is 25.7 Å². The van der Waals surface area contributed by atoms with Crippen molar-refractivity contribution in [3.63, 3.8) is 0 Å². The van der Waals surface area contributed by atoms with Gasteiger partial charge in [0.15, 0.2) is 0 Å². The fourth-order valence-corrected chi connectivity index (χ4v) is 2.53. The van der Waals surface area contributed by atoms with E-state index in [1.165, 1.54) is 0 Å². The largest absolute Gasteiger partial charge is 0.481 e. The van der Waals surface area contributed by atoms with Crippen molar-refractivity contribution in [3.05, 3.63) is 18.7 Å². The van der Waals surface area contributed by atoms with Gasteiger partial charge in [-0.1, -0.05) is 6.42 Å². The lowest BCUT2D eigenvalue weighted by Crippen LogP contribution is -2.45. The van der Waals surface area contributed by atoms with E-state index in [4.69, 9.17) is 5.11 Å². The van der Waals surface area contributed by atoms with Crippen LogP contribution in [-0.2, 0) is 11.3 Å². The minimum absolute atomic E-state index is 0.249. The summed E-state index contributed by atoms with van der Waals surface area (Å²) < 4.78 is 1.94. The lowest BCUT2D eigenvalue weighted by atomic mass is 10.0. The molecule has 2 amide bonds. The zero-order valence-electron chi connectivity index (χ0n) is 11.3. The number of nitrogens with zero attached hydrogens (tertiary/aromatic N) is 2. The third-order valence-electron chi connectivity index (χ3n) is 3.59. The van der Waals surface area contributed by atoms with Crippen molar-refractivity contribution in [2.75, 3.05) is 6.54 Å². The number of nitrogens with one attached hydrogen (secondary N) is 2. The number of imidazole rings is 1. The van der Waals surface area contributed by atoms with Gasteiger partial charge < -0.3 is 20.3 Å². The van der Waals surface area contributed by atoms with E-state index in [0.29, 0.717) is 13.0 Å². The van der Waals surface area contributed by atoms with Gasteiger partial charge in [-0.25, -0.2) is 9.78 Å². The molecule has 1 aromatic rings. The average Bonchev–Trinajstić information content (AvgIpc) is 3.05. The van der Waals surface area contributed by atoms with E-state index in [2.05, 4.69) is 15.6 Å². The van der Waals surface area contributed by atoms with Crippen molar-refractivity contribution in [2.24, 2.45) is 5.92 Å². The molecule has 2 rings (SSSR count). The maximum atomic E-state index is 11.7. The number of urea groups is 1. The minimum atomic E-state index is -0.826. The predicted octanol–water partition coefficient (Wildman–Crippen LogP) is 0.826. The molecule has 20 heavy (non-hydrogen) atoms. The van der Waals surface area contributed by atoms with Gasteiger partial charge in [-0.15, -0.1) is 0 Å². The highest BCUT2D eigenvalue weighted by Gasteiger charge is 2.33. The lowest BCUT2D eigenvalue weighted by molar-refractivity contribution is -0.142. The first-order chi connectivity index (χ1) is 9.66. The Morgan fingerprint density at radius 2 is 2.25 bits per heavy atom. The van der Waals surface area contributed by atoms with E-state index in [1.54, 1.807) is 12.5 Å². The molecule has 1 aliphatic carbocycles. The van der Waals surface area contributed by atoms with E-state index >= 15 is 0 Å². The van der Waals surface area contributed by atoms with Gasteiger partial charge in [-0.2, -0.15) is 0 Å². The van der Waals surface area contributed by atoms with Crippen LogP contribution in [0.25, 0.3) is 0 Å². The molecule has 0 aromatic carbocycles. The summed E-state index contributed by atoms with van der Waals surface area (Å²) in [5.41, 5.74) is 0. The van der Waals surface area contributed by atoms with Crippen molar-refractivity contribution < 1.29 is 14.7 Å². The molecule has 0 aliphatic heterocycles. The Balaban J connectivity index is 1.64. The Hall–Kier alpha value is -2.05. The van der Waals surface area contributed by atoms with Crippen molar-refractivity contribution in [1.82, 2.24) is 20.2 Å². The highest BCUT2D eigenvalue weighted by atomic mass is 16.4. The first-order valence-electron chi connectivity index (χ1n) is 6.89. The highest BCUT2D eigenvalue weighted by Crippen LogP contribution is 2.25. The van der Waals surface area contributed by atoms with Gasteiger partial charge in [0.1, 0.15) is 0 Å². The van der Waals surface area contributed by atoms with Crippen LogP contribution < -0.4 is 10.6 Å². The molecule has 2 unspecified atom stereocenters. The van der Waals surface area contributed by atoms with Crippen LogP contribution in [0.4, 0.5) is 4.79 Å². The summed E-state index contributed by atoms with van der Waals surface area (Å²) >= 11 is 0. The van der Waals surface area contributed by atoms with Crippen LogP contribution in [-0.4, -0.2) is 39.2 Å². The standard InChI is InChI=1S/C13H20N4O3/c18-12(19)10-3-1-4-11(10)16-13(20)15-5-2-7-17-8-6-14-9-17/h6,8-11H,1-5,7H2,(H,18,19)(H2,15,16,20). The molecule has 3 N–H and O–H groups in total. The Morgan fingerprint density at radius 3 is 2.95 bits per heavy atom. The Kier molecular flexibility index (Phi) is 4.97. The van der Waals surface area contributed by atoms with Gasteiger partial charge >= 0.3 is 12.0 Å². The number of aliphatic carboxylic acids is 1. The van der Waals surface area contributed by atoms with Gasteiger partial charge in [0.2, 0.25) is 0 Å². The Morgan fingerprint density at radius 1 is 1.40 bits per heavy atom. The molecule has 0 spiro atoms. The van der Waals surface area contributed by atoms with Crippen LogP contribution in [0.15, 0.2) is 18.7 Å². The average molecular weight is 280 g/mol. The maximum absolute atomic E-state index is 11.7. The number of aromatic nitrogens is 2. The topological polar surface area (TPSA) is 96.3 Å². The molecule has 0 saturated heterocycles. The number of hydrogen-bond acceptors (Lipinski definition) is 3. The summed E-state index contributed by atoms with van der Waals surface area (Å²) in [6.07, 6.45) is 8.35. The van der Waals surface area contributed by atoms with Gasteiger partial charge in [0, 0.05) is 31.5 Å². The smallest absolute Gasteiger partial charge is 0.315 e. The summed E-state index contributed by atoms with van der Waals surface area (Å²) in [6, 6.07) is -0.532. The molecular formula is C13H20N4O3. The van der Waals surface area contributed by atoms with E-state index < -0.39 is 11.9 Å². The van der Waals surface area contributed by atoms with E-state index in [0.717, 1.165) is 25.8 Å². The molecule has 7 nitrogen and oxygen atoms in total. The van der Waals surface area contributed by atoms with Crippen LogP contribution in [0.3, 0.4) is 0 Å². The summed E-state index contributed by atoms with van der Waals surface area (Å²) in [4.78, 5) is 26.6. The molecule has 1 heterocycles. The van der Waals surface area contributed by atoms with Gasteiger partial charge in [0.05, 0.1) is 12.2 Å². The van der Waals surface area contributed by atoms with E-state index in [-0.39, 0.29) is 12.1 Å². The summed E-state index contributed by atoms with van der Waals surface area (Å²) in [7, 11) is 0. The molecule has 7 heteroatoms. The molecule has 0 bridgehead atoms. The predicted molar refractivity (Wildman–Crippen MR) is 72.1 cm³/mol. The normalized spacial score (nSPS) is 21.6. The maximum Gasteiger partial charge on any atom is 0.315 e. The number of carboxylic acids is 1. The number of carboxylic acid groups (broad SMARTS) is 1. The molecule has 1 aromatic heterocycles. The van der Waals surface area contributed by atoms with E-state index in [1.807, 2.05) is 10.8 Å². The number of carbonyl (C=O) groups excluding carboxylic acids is 1. The summed E-state index contributed by atoms with van der Waals surface area (Å²) in [5.74, 6) is -1.28. The van der Waals surface area contributed by atoms with Gasteiger partial charge in [-0.05, 0) is 19.3 Å². The third kappa shape index (κ3) is 3.97. The lowest BCUT2D eigenvalue weighted by Gasteiger charge is -2.17. The summed E-state index contributed by atoms with van der Waals surface area (Å²) in [5, 5.41) is 14.5.